The molecule has 0 radical (unpaired) electrons. The molecule has 1 amide bonds. The number of carbonyl (C=O) groups excluding carboxylic acids is 1. The van der Waals surface area contributed by atoms with E-state index in [0.29, 0.717) is 23.9 Å². The number of anilines is 1. The number of nitrogens with one attached hydrogen (secondary N) is 1. The Morgan fingerprint density at radius 1 is 1.00 bits per heavy atom. The van der Waals surface area contributed by atoms with Crippen molar-refractivity contribution in [3.63, 3.8) is 0 Å². The van der Waals surface area contributed by atoms with Gasteiger partial charge in [-0.15, -0.1) is 0 Å². The Labute approximate surface area is 216 Å². The lowest BCUT2D eigenvalue weighted by molar-refractivity contribution is -0.123. The minimum Gasteiger partial charge on any atom is -0.483 e. The van der Waals surface area contributed by atoms with Crippen LogP contribution in [0.4, 0.5) is 5.69 Å². The number of benzene rings is 2. The first-order chi connectivity index (χ1) is 18.2. The quantitative estimate of drug-likeness (QED) is 0.369. The molecule has 1 saturated heterocycles. The fraction of sp³-hybridized carbons (Fsp3) is 0.276. The zero-order valence-electron chi connectivity index (χ0n) is 20.9. The standard InChI is InChI=1S/C29H31N5O3/c1-22(26-9-5-18-36-26)32-28(35)21-37-27-11-10-23(29-30-12-6-13-31-29)19-24(27)20-33-14-16-34(17-15-33)25-7-3-2-4-8-25/h2-13,18-19,22H,14-17,20-21H2,1H3,(H,32,35)/t22-/m0/s1. The Balaban J connectivity index is 1.26. The van der Waals surface area contributed by atoms with Crippen LogP contribution in [0, 0.1) is 0 Å². The van der Waals surface area contributed by atoms with E-state index in [1.807, 2.05) is 31.2 Å². The molecule has 37 heavy (non-hydrogen) atoms. The zero-order valence-corrected chi connectivity index (χ0v) is 20.9. The maximum Gasteiger partial charge on any atom is 0.258 e. The van der Waals surface area contributed by atoms with E-state index in [0.717, 1.165) is 37.3 Å². The topological polar surface area (TPSA) is 83.7 Å². The number of carbonyl (C=O) groups is 1. The van der Waals surface area contributed by atoms with Gasteiger partial charge in [-0.2, -0.15) is 0 Å². The summed E-state index contributed by atoms with van der Waals surface area (Å²) in [4.78, 5) is 26.2. The van der Waals surface area contributed by atoms with Crippen molar-refractivity contribution in [3.8, 4) is 17.1 Å². The molecule has 0 spiro atoms. The average molecular weight is 498 g/mol. The lowest BCUT2D eigenvalue weighted by atomic mass is 10.1. The number of hydrogen-bond donors (Lipinski definition) is 1. The number of piperazine rings is 1. The molecule has 8 heteroatoms. The van der Waals surface area contributed by atoms with Crippen LogP contribution < -0.4 is 15.0 Å². The van der Waals surface area contributed by atoms with Crippen LogP contribution in [-0.2, 0) is 11.3 Å². The Morgan fingerprint density at radius 2 is 1.78 bits per heavy atom. The zero-order chi connectivity index (χ0) is 25.5. The summed E-state index contributed by atoms with van der Waals surface area (Å²) >= 11 is 0. The molecule has 4 aromatic rings. The second kappa shape index (κ2) is 11.7. The minimum atomic E-state index is -0.232. The van der Waals surface area contributed by atoms with Crippen molar-refractivity contribution in [3.05, 3.63) is 96.7 Å². The summed E-state index contributed by atoms with van der Waals surface area (Å²) in [7, 11) is 0. The summed E-state index contributed by atoms with van der Waals surface area (Å²) in [6.07, 6.45) is 5.07. The molecular formula is C29H31N5O3. The van der Waals surface area contributed by atoms with Crippen LogP contribution in [0.1, 0.15) is 24.3 Å². The Kier molecular flexibility index (Phi) is 7.76. The molecule has 3 heterocycles. The van der Waals surface area contributed by atoms with Crippen molar-refractivity contribution in [1.82, 2.24) is 20.2 Å². The highest BCUT2D eigenvalue weighted by molar-refractivity contribution is 5.78. The first kappa shape index (κ1) is 24.5. The number of para-hydroxylation sites is 1. The summed E-state index contributed by atoms with van der Waals surface area (Å²) in [6.45, 7) is 6.28. The van der Waals surface area contributed by atoms with Crippen molar-refractivity contribution < 1.29 is 13.9 Å². The lowest BCUT2D eigenvalue weighted by Gasteiger charge is -2.36. The van der Waals surface area contributed by atoms with E-state index in [1.54, 1.807) is 30.8 Å². The molecule has 2 aromatic heterocycles. The van der Waals surface area contributed by atoms with Gasteiger partial charge in [-0.25, -0.2) is 9.97 Å². The predicted octanol–water partition coefficient (Wildman–Crippen LogP) is 4.32. The first-order valence-electron chi connectivity index (χ1n) is 12.5. The van der Waals surface area contributed by atoms with Crippen LogP contribution >= 0.6 is 0 Å². The van der Waals surface area contributed by atoms with Crippen molar-refractivity contribution in [2.45, 2.75) is 19.5 Å². The highest BCUT2D eigenvalue weighted by atomic mass is 16.5. The van der Waals surface area contributed by atoms with Gasteiger partial charge in [-0.1, -0.05) is 18.2 Å². The number of furan rings is 1. The normalized spacial score (nSPS) is 14.8. The molecule has 0 aliphatic carbocycles. The molecule has 190 valence electrons. The van der Waals surface area contributed by atoms with Gasteiger partial charge in [-0.05, 0) is 55.5 Å². The van der Waals surface area contributed by atoms with Crippen LogP contribution in [0.3, 0.4) is 0 Å². The summed E-state index contributed by atoms with van der Waals surface area (Å²) in [5.41, 5.74) is 3.18. The molecule has 2 aromatic carbocycles. The van der Waals surface area contributed by atoms with Crippen LogP contribution in [0.25, 0.3) is 11.4 Å². The highest BCUT2D eigenvalue weighted by Gasteiger charge is 2.20. The molecule has 5 rings (SSSR count). The largest absolute Gasteiger partial charge is 0.483 e. The van der Waals surface area contributed by atoms with Gasteiger partial charge in [0.15, 0.2) is 12.4 Å². The SMILES string of the molecule is C[C@H](NC(=O)COc1ccc(-c2ncccn2)cc1CN1CCN(c2ccccc2)CC1)c1ccco1. The number of nitrogens with zero attached hydrogens (tertiary/aromatic N) is 4. The third kappa shape index (κ3) is 6.34. The summed E-state index contributed by atoms with van der Waals surface area (Å²) < 4.78 is 11.4. The molecule has 0 saturated carbocycles. The summed E-state index contributed by atoms with van der Waals surface area (Å²) in [5.74, 6) is 1.85. The third-order valence-corrected chi connectivity index (χ3v) is 6.48. The number of hydrogen-bond acceptors (Lipinski definition) is 7. The molecule has 8 nitrogen and oxygen atoms in total. The molecular weight excluding hydrogens is 466 g/mol. The van der Waals surface area contributed by atoms with E-state index < -0.39 is 0 Å². The number of rotatable bonds is 9. The van der Waals surface area contributed by atoms with Gasteiger partial charge in [0.2, 0.25) is 0 Å². The maximum absolute atomic E-state index is 12.6. The minimum absolute atomic E-state index is 0.0823. The molecule has 0 bridgehead atoms. The Hall–Kier alpha value is -4.17. The second-order valence-corrected chi connectivity index (χ2v) is 9.09. The van der Waals surface area contributed by atoms with Crippen molar-refractivity contribution >= 4 is 11.6 Å². The number of aromatic nitrogens is 2. The predicted molar refractivity (Wildman–Crippen MR) is 142 cm³/mol. The van der Waals surface area contributed by atoms with Gasteiger partial charge in [0.05, 0.1) is 12.3 Å². The molecule has 1 fully saturated rings. The van der Waals surface area contributed by atoms with E-state index in [1.165, 1.54) is 5.69 Å². The van der Waals surface area contributed by atoms with Gasteiger partial charge >= 0.3 is 0 Å². The fourth-order valence-electron chi connectivity index (χ4n) is 4.51. The average Bonchev–Trinajstić information content (AvgIpc) is 3.49. The van der Waals surface area contributed by atoms with Gasteiger partial charge in [0.25, 0.3) is 5.91 Å². The van der Waals surface area contributed by atoms with Crippen LogP contribution in [0.15, 0.2) is 89.8 Å². The smallest absolute Gasteiger partial charge is 0.258 e. The molecule has 1 aliphatic heterocycles. The van der Waals surface area contributed by atoms with Gasteiger partial charge in [-0.3, -0.25) is 9.69 Å². The number of ether oxygens (including phenoxy) is 1. The van der Waals surface area contributed by atoms with Crippen LogP contribution in [-0.4, -0.2) is 53.6 Å². The third-order valence-electron chi connectivity index (χ3n) is 6.48. The number of amides is 1. The summed E-state index contributed by atoms with van der Waals surface area (Å²) in [5, 5.41) is 2.92. The van der Waals surface area contributed by atoms with Gasteiger partial charge in [0, 0.05) is 61.9 Å². The summed E-state index contributed by atoms with van der Waals surface area (Å²) in [6, 6.07) is 21.6. The van der Waals surface area contributed by atoms with E-state index >= 15 is 0 Å². The van der Waals surface area contributed by atoms with Gasteiger partial charge < -0.3 is 19.4 Å². The highest BCUT2D eigenvalue weighted by Crippen LogP contribution is 2.27. The van der Waals surface area contributed by atoms with E-state index in [4.69, 9.17) is 9.15 Å². The van der Waals surface area contributed by atoms with Crippen LogP contribution in [0.2, 0.25) is 0 Å². The molecule has 1 atom stereocenters. The monoisotopic (exact) mass is 497 g/mol. The van der Waals surface area contributed by atoms with E-state index in [9.17, 15) is 4.79 Å². The molecule has 0 unspecified atom stereocenters. The fourth-order valence-corrected chi connectivity index (χ4v) is 4.51. The Bertz CT molecular complexity index is 1270. The van der Waals surface area contributed by atoms with Crippen molar-refractivity contribution in [2.75, 3.05) is 37.7 Å². The Morgan fingerprint density at radius 3 is 2.51 bits per heavy atom. The molecule has 1 aliphatic rings. The van der Waals surface area contributed by atoms with Crippen LogP contribution in [0.5, 0.6) is 5.75 Å². The van der Waals surface area contributed by atoms with E-state index in [2.05, 4.69) is 55.4 Å². The first-order valence-corrected chi connectivity index (χ1v) is 12.5. The maximum atomic E-state index is 12.6. The van der Waals surface area contributed by atoms with Crippen molar-refractivity contribution in [1.29, 1.82) is 0 Å². The lowest BCUT2D eigenvalue weighted by Crippen LogP contribution is -2.46. The van der Waals surface area contributed by atoms with Gasteiger partial charge in [0.1, 0.15) is 11.5 Å². The van der Waals surface area contributed by atoms with Crippen molar-refractivity contribution in [2.24, 2.45) is 0 Å². The second-order valence-electron chi connectivity index (χ2n) is 9.09. The molecule has 1 N–H and O–H groups in total. The van der Waals surface area contributed by atoms with E-state index in [-0.39, 0.29) is 18.6 Å².